The van der Waals surface area contributed by atoms with Gasteiger partial charge in [-0.05, 0) is 55.8 Å². The van der Waals surface area contributed by atoms with Crippen molar-refractivity contribution in [2.45, 2.75) is 25.5 Å². The van der Waals surface area contributed by atoms with Gasteiger partial charge < -0.3 is 20.1 Å². The number of nitrogens with zero attached hydrogens (tertiary/aromatic N) is 4. The highest BCUT2D eigenvalue weighted by Gasteiger charge is 2.19. The highest BCUT2D eigenvalue weighted by molar-refractivity contribution is 6.30. The molecule has 35 heavy (non-hydrogen) atoms. The third kappa shape index (κ3) is 5.54. The van der Waals surface area contributed by atoms with Crippen LogP contribution in [0.15, 0.2) is 71.9 Å². The predicted octanol–water partition coefficient (Wildman–Crippen LogP) is 4.05. The topological polar surface area (TPSA) is 113 Å². The molecule has 4 rings (SSSR count). The second-order valence-electron chi connectivity index (χ2n) is 8.41. The average Bonchev–Trinajstić information content (AvgIpc) is 2.82. The number of nitrogens with one attached hydrogen (secondary N) is 1. The number of aliphatic hydroxyl groups excluding tert-OH is 1. The van der Waals surface area contributed by atoms with Crippen molar-refractivity contribution in [3.63, 3.8) is 0 Å². The summed E-state index contributed by atoms with van der Waals surface area (Å²) in [5.74, 6) is -0.332. The second kappa shape index (κ2) is 9.91. The van der Waals surface area contributed by atoms with E-state index in [1.54, 1.807) is 56.6 Å². The van der Waals surface area contributed by atoms with Crippen LogP contribution in [0.2, 0.25) is 5.02 Å². The minimum Gasteiger partial charge on any atom is -0.394 e. The third-order valence-electron chi connectivity index (χ3n) is 5.38. The third-order valence-corrected chi connectivity index (χ3v) is 5.69. The molecule has 0 saturated heterocycles. The summed E-state index contributed by atoms with van der Waals surface area (Å²) in [6.45, 7) is 2.88. The maximum atomic E-state index is 13.9. The monoisotopic (exact) mass is 495 g/mol. The molecule has 0 bridgehead atoms. The molecule has 0 aliphatic carbocycles. The van der Waals surface area contributed by atoms with Crippen LogP contribution in [0.5, 0.6) is 0 Å². The van der Waals surface area contributed by atoms with E-state index in [2.05, 4.69) is 20.3 Å². The summed E-state index contributed by atoms with van der Waals surface area (Å²) in [4.78, 5) is 25.8. The number of pyridine rings is 2. The minimum atomic E-state index is -1.10. The van der Waals surface area contributed by atoms with Crippen LogP contribution in [-0.2, 0) is 5.60 Å². The van der Waals surface area contributed by atoms with E-state index in [1.165, 1.54) is 29.0 Å². The molecule has 0 fully saturated rings. The quantitative estimate of drug-likeness (QED) is 0.354. The van der Waals surface area contributed by atoms with Crippen LogP contribution in [0.4, 0.5) is 16.0 Å². The van der Waals surface area contributed by atoms with Crippen molar-refractivity contribution in [2.75, 3.05) is 11.9 Å². The second-order valence-corrected chi connectivity index (χ2v) is 8.82. The molecule has 3 heterocycles. The van der Waals surface area contributed by atoms with Crippen molar-refractivity contribution in [1.82, 2.24) is 19.5 Å². The van der Waals surface area contributed by atoms with Gasteiger partial charge in [0.15, 0.2) is 0 Å². The number of anilines is 2. The molecular weight excluding hydrogens is 473 g/mol. The Bertz CT molecular complexity index is 1420. The van der Waals surface area contributed by atoms with Crippen LogP contribution < -0.4 is 10.9 Å². The summed E-state index contributed by atoms with van der Waals surface area (Å²) >= 11 is 5.75. The number of benzene rings is 1. The first-order valence-electron chi connectivity index (χ1n) is 10.7. The van der Waals surface area contributed by atoms with Crippen LogP contribution >= 0.6 is 11.6 Å². The van der Waals surface area contributed by atoms with Gasteiger partial charge >= 0.3 is 0 Å². The summed E-state index contributed by atoms with van der Waals surface area (Å²) in [5, 5.41) is 23.1. The van der Waals surface area contributed by atoms with E-state index in [0.717, 1.165) is 0 Å². The van der Waals surface area contributed by atoms with Gasteiger partial charge in [0, 0.05) is 35.9 Å². The lowest BCUT2D eigenvalue weighted by molar-refractivity contribution is 0.0739. The van der Waals surface area contributed by atoms with E-state index in [4.69, 9.17) is 11.6 Å². The van der Waals surface area contributed by atoms with Crippen LogP contribution in [0.25, 0.3) is 11.3 Å². The summed E-state index contributed by atoms with van der Waals surface area (Å²) in [5.41, 5.74) is 1.10. The molecule has 0 aliphatic heterocycles. The molecule has 0 aliphatic rings. The molecule has 0 radical (unpaired) electrons. The van der Waals surface area contributed by atoms with Crippen LogP contribution in [0, 0.1) is 5.82 Å². The Morgan fingerprint density at radius 2 is 1.89 bits per heavy atom. The van der Waals surface area contributed by atoms with E-state index < -0.39 is 29.6 Å². The average molecular weight is 496 g/mol. The maximum Gasteiger partial charge on any atom is 0.251 e. The number of aliphatic hydroxyl groups is 2. The smallest absolute Gasteiger partial charge is 0.251 e. The Hall–Kier alpha value is -3.66. The zero-order valence-electron chi connectivity index (χ0n) is 19.0. The number of aromatic nitrogens is 4. The molecule has 3 N–H and O–H groups in total. The van der Waals surface area contributed by atoms with Crippen molar-refractivity contribution >= 4 is 23.2 Å². The zero-order valence-corrected chi connectivity index (χ0v) is 19.7. The van der Waals surface area contributed by atoms with Crippen molar-refractivity contribution in [2.24, 2.45) is 0 Å². The lowest BCUT2D eigenvalue weighted by Crippen LogP contribution is -2.27. The fourth-order valence-corrected chi connectivity index (χ4v) is 3.65. The predicted molar refractivity (Wildman–Crippen MR) is 131 cm³/mol. The summed E-state index contributed by atoms with van der Waals surface area (Å²) < 4.78 is 15.2. The van der Waals surface area contributed by atoms with E-state index in [1.807, 2.05) is 0 Å². The molecule has 1 unspecified atom stereocenters. The van der Waals surface area contributed by atoms with Crippen molar-refractivity contribution in [1.29, 1.82) is 0 Å². The molecule has 8 nitrogen and oxygen atoms in total. The van der Waals surface area contributed by atoms with Crippen molar-refractivity contribution in [3.8, 4) is 11.3 Å². The Morgan fingerprint density at radius 1 is 1.11 bits per heavy atom. The molecule has 0 amide bonds. The fourth-order valence-electron chi connectivity index (χ4n) is 3.53. The SMILES string of the molecule is CC(C)(O)c1cc(Nc2nccc(-c3ccn(C(CO)c4ccc(Cl)c(F)c4)c(=O)c3)n2)ccn1. The fraction of sp³-hybridized carbons (Fsp3) is 0.200. The lowest BCUT2D eigenvalue weighted by atomic mass is 10.0. The number of hydrogen-bond donors (Lipinski definition) is 3. The van der Waals surface area contributed by atoms with Gasteiger partial charge in [0.25, 0.3) is 5.56 Å². The molecule has 4 aromatic rings. The largest absolute Gasteiger partial charge is 0.394 e. The Balaban J connectivity index is 1.61. The molecule has 1 aromatic carbocycles. The van der Waals surface area contributed by atoms with Crippen LogP contribution in [-0.4, -0.2) is 36.3 Å². The lowest BCUT2D eigenvalue weighted by Gasteiger charge is -2.19. The summed E-state index contributed by atoms with van der Waals surface area (Å²) in [6, 6.07) is 11.5. The Kier molecular flexibility index (Phi) is 6.93. The molecule has 10 heteroatoms. The van der Waals surface area contributed by atoms with E-state index >= 15 is 0 Å². The molecule has 180 valence electrons. The molecule has 1 atom stereocenters. The first-order chi connectivity index (χ1) is 16.7. The summed E-state index contributed by atoms with van der Waals surface area (Å²) in [7, 11) is 0. The Labute approximate surface area is 205 Å². The first-order valence-corrected chi connectivity index (χ1v) is 11.1. The van der Waals surface area contributed by atoms with Gasteiger partial charge in [0.05, 0.1) is 29.1 Å². The number of halogens is 2. The number of rotatable bonds is 7. The minimum absolute atomic E-state index is 0.0376. The van der Waals surface area contributed by atoms with Gasteiger partial charge in [-0.15, -0.1) is 0 Å². The van der Waals surface area contributed by atoms with E-state index in [0.29, 0.717) is 34.2 Å². The van der Waals surface area contributed by atoms with Gasteiger partial charge in [-0.25, -0.2) is 14.4 Å². The number of hydrogen-bond acceptors (Lipinski definition) is 7. The molecular formula is C25H23ClFN5O3. The van der Waals surface area contributed by atoms with Crippen LogP contribution in [0.1, 0.15) is 31.1 Å². The van der Waals surface area contributed by atoms with Gasteiger partial charge in [0.2, 0.25) is 5.95 Å². The molecule has 0 spiro atoms. The Morgan fingerprint density at radius 3 is 2.57 bits per heavy atom. The summed E-state index contributed by atoms with van der Waals surface area (Å²) in [6.07, 6.45) is 4.66. The van der Waals surface area contributed by atoms with E-state index in [9.17, 15) is 19.4 Å². The first kappa shape index (κ1) is 24.5. The van der Waals surface area contributed by atoms with E-state index in [-0.39, 0.29) is 5.02 Å². The maximum absolute atomic E-state index is 13.9. The zero-order chi connectivity index (χ0) is 25.2. The molecule has 0 saturated carbocycles. The highest BCUT2D eigenvalue weighted by Crippen LogP contribution is 2.25. The molecule has 3 aromatic heterocycles. The van der Waals surface area contributed by atoms with Gasteiger partial charge in [0.1, 0.15) is 11.4 Å². The van der Waals surface area contributed by atoms with Crippen LogP contribution in [0.3, 0.4) is 0 Å². The standard InChI is InChI=1S/C25H23ClFN5O3/c1-25(2,35)22-13-17(5-8-28-22)30-24-29-9-6-20(31-24)15-7-10-32(23(34)12-15)21(14-33)16-3-4-18(26)19(27)11-16/h3-13,21,33,35H,14H2,1-2H3,(H,28,29,30,31). The van der Waals surface area contributed by atoms with Crippen molar-refractivity contribution < 1.29 is 14.6 Å². The van der Waals surface area contributed by atoms with Crippen molar-refractivity contribution in [3.05, 3.63) is 99.6 Å². The highest BCUT2D eigenvalue weighted by atomic mass is 35.5. The van der Waals surface area contributed by atoms with Gasteiger partial charge in [-0.1, -0.05) is 17.7 Å². The van der Waals surface area contributed by atoms with Gasteiger partial charge in [-0.3, -0.25) is 9.78 Å². The normalized spacial score (nSPS) is 12.4. The van der Waals surface area contributed by atoms with Gasteiger partial charge in [-0.2, -0.15) is 0 Å².